The van der Waals surface area contributed by atoms with E-state index in [0.29, 0.717) is 13.1 Å². The van der Waals surface area contributed by atoms with E-state index in [0.717, 1.165) is 10.3 Å². The van der Waals surface area contributed by atoms with Crippen LogP contribution in [-0.2, 0) is 13.1 Å². The summed E-state index contributed by atoms with van der Waals surface area (Å²) in [5, 5.41) is 2.65. The van der Waals surface area contributed by atoms with E-state index in [1.54, 1.807) is 16.7 Å². The highest BCUT2D eigenvalue weighted by molar-refractivity contribution is 8.00. The van der Waals surface area contributed by atoms with Crippen LogP contribution in [0.2, 0.25) is 0 Å². The molecule has 2 amide bonds. The van der Waals surface area contributed by atoms with Crippen molar-refractivity contribution < 1.29 is 18.0 Å². The lowest BCUT2D eigenvalue weighted by molar-refractivity contribution is -0.141. The molecule has 1 aliphatic heterocycles. The van der Waals surface area contributed by atoms with E-state index in [1.165, 1.54) is 12.4 Å². The summed E-state index contributed by atoms with van der Waals surface area (Å²) in [5.41, 5.74) is 0. The first-order valence-corrected chi connectivity index (χ1v) is 7.88. The Bertz CT molecular complexity index is 530. The number of nitrogens with zero attached hydrogens (tertiary/aromatic N) is 3. The third-order valence-corrected chi connectivity index (χ3v) is 4.56. The van der Waals surface area contributed by atoms with Crippen LogP contribution in [-0.4, -0.2) is 50.2 Å². The van der Waals surface area contributed by atoms with Gasteiger partial charge in [-0.1, -0.05) is 0 Å². The minimum Gasteiger partial charge on any atom is -0.331 e. The van der Waals surface area contributed by atoms with Gasteiger partial charge < -0.3 is 14.8 Å². The van der Waals surface area contributed by atoms with E-state index in [1.807, 2.05) is 0 Å². The summed E-state index contributed by atoms with van der Waals surface area (Å²) in [4.78, 5) is 17.7. The molecule has 5 nitrogen and oxygen atoms in total. The van der Waals surface area contributed by atoms with Crippen LogP contribution in [0, 0.1) is 0 Å². The lowest BCUT2D eigenvalue weighted by Gasteiger charge is -2.37. The van der Waals surface area contributed by atoms with E-state index in [2.05, 4.69) is 24.1 Å². The maximum absolute atomic E-state index is 12.4. The molecule has 1 saturated heterocycles. The molecule has 22 heavy (non-hydrogen) atoms. The molecule has 0 radical (unpaired) electrons. The molecule has 2 heterocycles. The van der Waals surface area contributed by atoms with Crippen molar-refractivity contribution >= 4 is 17.8 Å². The summed E-state index contributed by atoms with van der Waals surface area (Å²) in [6.45, 7) is 4.25. The number of alkyl halides is 3. The third kappa shape index (κ3) is 4.82. The fourth-order valence-corrected chi connectivity index (χ4v) is 3.41. The van der Waals surface area contributed by atoms with Gasteiger partial charge in [-0.2, -0.15) is 24.9 Å². The van der Waals surface area contributed by atoms with Crippen molar-refractivity contribution in [1.82, 2.24) is 19.8 Å². The number of aromatic nitrogens is 2. The maximum Gasteiger partial charge on any atom is 0.406 e. The highest BCUT2D eigenvalue weighted by Crippen LogP contribution is 2.29. The van der Waals surface area contributed by atoms with Crippen molar-refractivity contribution in [2.45, 2.75) is 37.9 Å². The van der Waals surface area contributed by atoms with Gasteiger partial charge in [-0.15, -0.1) is 0 Å². The van der Waals surface area contributed by atoms with Gasteiger partial charge in [-0.3, -0.25) is 0 Å². The van der Waals surface area contributed by atoms with Crippen molar-refractivity contribution in [2.75, 3.05) is 18.8 Å². The van der Waals surface area contributed by atoms with Gasteiger partial charge in [0.05, 0.1) is 6.54 Å². The number of carbonyl (C=O) groups is 1. The monoisotopic (exact) mass is 336 g/mol. The summed E-state index contributed by atoms with van der Waals surface area (Å²) >= 11 is 1.80. The first-order valence-electron chi connectivity index (χ1n) is 6.90. The number of urea groups is 1. The van der Waals surface area contributed by atoms with E-state index >= 15 is 0 Å². The molecule has 1 aromatic rings. The summed E-state index contributed by atoms with van der Waals surface area (Å²) in [7, 11) is 0. The quantitative estimate of drug-likeness (QED) is 0.923. The highest BCUT2D eigenvalue weighted by atomic mass is 32.2. The number of hydrogen-bond donors (Lipinski definition) is 1. The van der Waals surface area contributed by atoms with Crippen LogP contribution in [0.15, 0.2) is 12.4 Å². The van der Waals surface area contributed by atoms with E-state index in [9.17, 15) is 18.0 Å². The van der Waals surface area contributed by atoms with Crippen molar-refractivity contribution in [3.63, 3.8) is 0 Å². The van der Waals surface area contributed by atoms with Gasteiger partial charge in [-0.05, 0) is 13.8 Å². The zero-order valence-electron chi connectivity index (χ0n) is 12.5. The molecule has 1 N–H and O–H groups in total. The first-order chi connectivity index (χ1) is 10.2. The Labute approximate surface area is 131 Å². The van der Waals surface area contributed by atoms with Crippen molar-refractivity contribution in [2.24, 2.45) is 0 Å². The van der Waals surface area contributed by atoms with Crippen molar-refractivity contribution in [3.8, 4) is 0 Å². The number of nitrogens with one attached hydrogen (secondary N) is 1. The lowest BCUT2D eigenvalue weighted by Crippen LogP contribution is -2.50. The largest absolute Gasteiger partial charge is 0.406 e. The van der Waals surface area contributed by atoms with Gasteiger partial charge >= 0.3 is 12.2 Å². The molecule has 0 saturated carbocycles. The standard InChI is InChI=1S/C13H19F3N4OS/c1-12(2)8-20(5-6-22-12)11(21)18-7-10-17-3-4-19(10)9-13(14,15)16/h3-4H,5-9H2,1-2H3,(H,18,21). The number of imidazole rings is 1. The second kappa shape index (κ2) is 6.39. The molecule has 0 bridgehead atoms. The smallest absolute Gasteiger partial charge is 0.331 e. The molecule has 0 unspecified atom stereocenters. The first kappa shape index (κ1) is 17.0. The van der Waals surface area contributed by atoms with Crippen molar-refractivity contribution in [1.29, 1.82) is 0 Å². The minimum absolute atomic E-state index is 0.00958. The Balaban J connectivity index is 1.90. The molecule has 0 spiro atoms. The predicted octanol–water partition coefficient (Wildman–Crippen LogP) is 2.48. The average Bonchev–Trinajstić information content (AvgIpc) is 2.79. The fourth-order valence-electron chi connectivity index (χ4n) is 2.30. The number of carbonyl (C=O) groups excluding carboxylic acids is 1. The van der Waals surface area contributed by atoms with Crippen LogP contribution in [0.25, 0.3) is 0 Å². The van der Waals surface area contributed by atoms with Gasteiger partial charge in [0.25, 0.3) is 0 Å². The summed E-state index contributed by atoms with van der Waals surface area (Å²) in [6.07, 6.45) is -1.75. The second-order valence-electron chi connectivity index (χ2n) is 5.77. The maximum atomic E-state index is 12.4. The predicted molar refractivity (Wildman–Crippen MR) is 78.6 cm³/mol. The number of amides is 2. The number of thioether (sulfide) groups is 1. The summed E-state index contributed by atoms with van der Waals surface area (Å²) < 4.78 is 38.3. The van der Waals surface area contributed by atoms with Gasteiger partial charge in [0.1, 0.15) is 12.4 Å². The SMILES string of the molecule is CC1(C)CN(C(=O)NCc2nccn2CC(F)(F)F)CCS1. The number of halogens is 3. The highest BCUT2D eigenvalue weighted by Gasteiger charge is 2.30. The van der Waals surface area contributed by atoms with E-state index in [4.69, 9.17) is 0 Å². The molecular weight excluding hydrogens is 317 g/mol. The van der Waals surface area contributed by atoms with Crippen LogP contribution in [0.4, 0.5) is 18.0 Å². The normalized spacial score (nSPS) is 18.3. The van der Waals surface area contributed by atoms with Gasteiger partial charge in [0, 0.05) is 36.0 Å². The van der Waals surface area contributed by atoms with Crippen LogP contribution in [0.5, 0.6) is 0 Å². The molecule has 2 rings (SSSR count). The van der Waals surface area contributed by atoms with Crippen LogP contribution < -0.4 is 5.32 Å². The third-order valence-electron chi connectivity index (χ3n) is 3.26. The average molecular weight is 336 g/mol. The van der Waals surface area contributed by atoms with Crippen LogP contribution in [0.3, 0.4) is 0 Å². The molecule has 1 fully saturated rings. The zero-order valence-corrected chi connectivity index (χ0v) is 13.3. The Kier molecular flexibility index (Phi) is 4.93. The molecule has 124 valence electrons. The Hall–Kier alpha value is -1.38. The molecule has 0 aromatic carbocycles. The summed E-state index contributed by atoms with van der Waals surface area (Å²) in [5.74, 6) is 1.04. The molecule has 0 atom stereocenters. The Morgan fingerprint density at radius 1 is 1.50 bits per heavy atom. The number of hydrogen-bond acceptors (Lipinski definition) is 3. The number of rotatable bonds is 3. The fraction of sp³-hybridized carbons (Fsp3) is 0.692. The van der Waals surface area contributed by atoms with Crippen molar-refractivity contribution in [3.05, 3.63) is 18.2 Å². The topological polar surface area (TPSA) is 50.2 Å². The molecular formula is C13H19F3N4OS. The van der Waals surface area contributed by atoms with Crippen LogP contribution >= 0.6 is 11.8 Å². The van der Waals surface area contributed by atoms with E-state index < -0.39 is 12.7 Å². The minimum atomic E-state index is -4.31. The Morgan fingerprint density at radius 3 is 2.86 bits per heavy atom. The lowest BCUT2D eigenvalue weighted by atomic mass is 10.2. The van der Waals surface area contributed by atoms with Gasteiger partial charge in [-0.25, -0.2) is 9.78 Å². The molecule has 1 aromatic heterocycles. The second-order valence-corrected chi connectivity index (χ2v) is 7.58. The zero-order chi connectivity index (χ0) is 16.4. The van der Waals surface area contributed by atoms with Crippen LogP contribution in [0.1, 0.15) is 19.7 Å². The van der Waals surface area contributed by atoms with Gasteiger partial charge in [0.2, 0.25) is 0 Å². The summed E-state index contributed by atoms with van der Waals surface area (Å²) in [6, 6.07) is -0.269. The van der Waals surface area contributed by atoms with E-state index in [-0.39, 0.29) is 23.1 Å². The molecule has 0 aliphatic carbocycles. The Morgan fingerprint density at radius 2 is 2.23 bits per heavy atom. The van der Waals surface area contributed by atoms with Gasteiger partial charge in [0.15, 0.2) is 0 Å². The molecule has 1 aliphatic rings. The molecule has 9 heteroatoms.